The fraction of sp³-hybridized carbons (Fsp3) is 0.619. The number of carbonyl (C=O) groups is 2. The molecule has 0 bridgehead atoms. The Morgan fingerprint density at radius 3 is 2.48 bits per heavy atom. The van der Waals surface area contributed by atoms with Crippen LogP contribution in [0.5, 0.6) is 5.75 Å². The van der Waals surface area contributed by atoms with Crippen LogP contribution in [0.3, 0.4) is 0 Å². The molecule has 0 saturated heterocycles. The maximum atomic E-state index is 13.2. The van der Waals surface area contributed by atoms with Crippen molar-refractivity contribution < 1.29 is 19.1 Å². The molecule has 0 saturated carbocycles. The molecule has 0 aromatic heterocycles. The van der Waals surface area contributed by atoms with E-state index in [0.29, 0.717) is 6.54 Å². The van der Waals surface area contributed by atoms with Crippen molar-refractivity contribution in [2.24, 2.45) is 5.92 Å². The summed E-state index contributed by atoms with van der Waals surface area (Å²) in [5.41, 5.74) is 1.72. The predicted molar refractivity (Wildman–Crippen MR) is 105 cm³/mol. The molecule has 0 radical (unpaired) electrons. The Labute approximate surface area is 162 Å². The molecule has 1 aromatic carbocycles. The first-order valence-electron chi connectivity index (χ1n) is 9.50. The Kier molecular flexibility index (Phi) is 6.39. The summed E-state index contributed by atoms with van der Waals surface area (Å²) in [7, 11) is 1.65. The minimum Gasteiger partial charge on any atom is -0.497 e. The summed E-state index contributed by atoms with van der Waals surface area (Å²) in [6.45, 7) is 11.9. The molecule has 0 spiro atoms. The number of benzene rings is 1. The average molecular weight is 376 g/mol. The molecule has 150 valence electrons. The Balaban J connectivity index is 2.17. The maximum Gasteiger partial charge on any atom is 0.408 e. The van der Waals surface area contributed by atoms with Gasteiger partial charge in [0.05, 0.1) is 13.2 Å². The van der Waals surface area contributed by atoms with E-state index >= 15 is 0 Å². The summed E-state index contributed by atoms with van der Waals surface area (Å²) in [4.78, 5) is 27.3. The minimum atomic E-state index is -0.623. The molecule has 2 unspecified atom stereocenters. The lowest BCUT2D eigenvalue weighted by Crippen LogP contribution is -2.53. The van der Waals surface area contributed by atoms with Gasteiger partial charge in [-0.15, -0.1) is 0 Å². The van der Waals surface area contributed by atoms with Gasteiger partial charge in [0.15, 0.2) is 0 Å². The molecular formula is C21H32N2O4. The van der Waals surface area contributed by atoms with Crippen LogP contribution in [-0.2, 0) is 16.0 Å². The first-order valence-corrected chi connectivity index (χ1v) is 9.50. The number of hydrogen-bond donors (Lipinski definition) is 1. The van der Waals surface area contributed by atoms with Gasteiger partial charge in [0.1, 0.15) is 17.4 Å². The van der Waals surface area contributed by atoms with E-state index < -0.39 is 17.7 Å². The number of ether oxygens (including phenoxy) is 2. The van der Waals surface area contributed by atoms with E-state index in [-0.39, 0.29) is 17.9 Å². The molecule has 0 fully saturated rings. The Morgan fingerprint density at radius 1 is 1.26 bits per heavy atom. The smallest absolute Gasteiger partial charge is 0.408 e. The number of nitrogens with zero attached hydrogens (tertiary/aromatic N) is 1. The highest BCUT2D eigenvalue weighted by molar-refractivity contribution is 5.86. The van der Waals surface area contributed by atoms with Crippen molar-refractivity contribution in [1.29, 1.82) is 0 Å². The molecule has 1 heterocycles. The Bertz CT molecular complexity index is 694. The highest BCUT2D eigenvalue weighted by atomic mass is 16.6. The number of methoxy groups -OCH3 is 1. The molecular weight excluding hydrogens is 344 g/mol. The molecule has 1 N–H and O–H groups in total. The lowest BCUT2D eigenvalue weighted by Gasteiger charge is -2.38. The number of fused-ring (bicyclic) bond motifs is 1. The predicted octanol–water partition coefficient (Wildman–Crippen LogP) is 3.69. The van der Waals surface area contributed by atoms with E-state index in [9.17, 15) is 9.59 Å². The van der Waals surface area contributed by atoms with E-state index in [1.54, 1.807) is 27.9 Å². The zero-order valence-corrected chi connectivity index (χ0v) is 17.5. The number of nitrogens with one attached hydrogen (secondary N) is 1. The van der Waals surface area contributed by atoms with Crippen molar-refractivity contribution in [3.8, 4) is 5.75 Å². The zero-order valence-electron chi connectivity index (χ0n) is 17.5. The highest BCUT2D eigenvalue weighted by Gasteiger charge is 2.35. The molecule has 1 aliphatic rings. The van der Waals surface area contributed by atoms with Crippen LogP contribution in [0, 0.1) is 5.92 Å². The van der Waals surface area contributed by atoms with Gasteiger partial charge in [0.25, 0.3) is 0 Å². The second kappa shape index (κ2) is 8.19. The first-order chi connectivity index (χ1) is 12.5. The van der Waals surface area contributed by atoms with Crippen LogP contribution < -0.4 is 10.1 Å². The Morgan fingerprint density at radius 2 is 1.93 bits per heavy atom. The summed E-state index contributed by atoms with van der Waals surface area (Å²) >= 11 is 0. The van der Waals surface area contributed by atoms with Crippen molar-refractivity contribution in [2.75, 3.05) is 13.7 Å². The number of rotatable bonds is 4. The summed E-state index contributed by atoms with van der Waals surface area (Å²) in [5, 5.41) is 2.76. The number of hydrogen-bond acceptors (Lipinski definition) is 4. The summed E-state index contributed by atoms with van der Waals surface area (Å²) in [6.07, 6.45) is 0.198. The highest BCUT2D eigenvalue weighted by Crippen LogP contribution is 2.32. The third-order valence-corrected chi connectivity index (χ3v) is 4.78. The van der Waals surface area contributed by atoms with Crippen LogP contribution in [0.4, 0.5) is 4.79 Å². The van der Waals surface area contributed by atoms with E-state index in [4.69, 9.17) is 9.47 Å². The van der Waals surface area contributed by atoms with Crippen molar-refractivity contribution >= 4 is 12.0 Å². The largest absolute Gasteiger partial charge is 0.497 e. The van der Waals surface area contributed by atoms with E-state index in [1.807, 2.05) is 43.9 Å². The van der Waals surface area contributed by atoms with Crippen molar-refractivity contribution in [2.45, 2.75) is 65.6 Å². The number of amides is 2. The minimum absolute atomic E-state index is 0.0468. The summed E-state index contributed by atoms with van der Waals surface area (Å²) < 4.78 is 10.6. The molecule has 2 amide bonds. The van der Waals surface area contributed by atoms with E-state index in [1.165, 1.54) is 5.56 Å². The topological polar surface area (TPSA) is 67.9 Å². The van der Waals surface area contributed by atoms with E-state index in [2.05, 4.69) is 5.32 Å². The van der Waals surface area contributed by atoms with Gasteiger partial charge in [0, 0.05) is 6.54 Å². The molecule has 1 aromatic rings. The fourth-order valence-electron chi connectivity index (χ4n) is 3.36. The molecule has 6 heteroatoms. The van der Waals surface area contributed by atoms with Crippen LogP contribution in [-0.4, -0.2) is 42.2 Å². The lowest BCUT2D eigenvalue weighted by atomic mass is 9.91. The first kappa shape index (κ1) is 21.1. The van der Waals surface area contributed by atoms with Gasteiger partial charge < -0.3 is 19.7 Å². The Hall–Kier alpha value is -2.24. The number of alkyl carbamates (subject to hydrolysis) is 1. The van der Waals surface area contributed by atoms with Crippen molar-refractivity contribution in [3.63, 3.8) is 0 Å². The van der Waals surface area contributed by atoms with E-state index in [0.717, 1.165) is 17.7 Å². The van der Waals surface area contributed by atoms with Gasteiger partial charge in [-0.3, -0.25) is 4.79 Å². The van der Waals surface area contributed by atoms with Crippen LogP contribution in [0.15, 0.2) is 18.2 Å². The van der Waals surface area contributed by atoms with Crippen LogP contribution in [0.1, 0.15) is 58.7 Å². The van der Waals surface area contributed by atoms with Gasteiger partial charge in [-0.2, -0.15) is 0 Å². The van der Waals surface area contributed by atoms with Gasteiger partial charge in [-0.05, 0) is 63.3 Å². The summed E-state index contributed by atoms with van der Waals surface area (Å²) in [5.74, 6) is 0.701. The van der Waals surface area contributed by atoms with Crippen LogP contribution in [0.25, 0.3) is 0 Å². The van der Waals surface area contributed by atoms with Gasteiger partial charge in [-0.1, -0.05) is 19.9 Å². The second-order valence-electron chi connectivity index (χ2n) is 8.39. The number of carbonyl (C=O) groups excluding carboxylic acids is 2. The molecule has 1 aliphatic heterocycles. The third kappa shape index (κ3) is 5.15. The standard InChI is InChI=1S/C21H32N2O4/c1-13(2)18(22-20(25)27-21(4,5)6)19(24)23-11-10-15-12-16(26-7)8-9-17(15)14(23)3/h8-9,12-14,18H,10-11H2,1-7H3,(H,22,25). The normalized spacial score (nSPS) is 17.9. The third-order valence-electron chi connectivity index (χ3n) is 4.78. The second-order valence-corrected chi connectivity index (χ2v) is 8.39. The molecule has 0 aliphatic carbocycles. The maximum absolute atomic E-state index is 13.2. The fourth-order valence-corrected chi connectivity index (χ4v) is 3.36. The molecule has 6 nitrogen and oxygen atoms in total. The van der Waals surface area contributed by atoms with Crippen LogP contribution >= 0.6 is 0 Å². The summed E-state index contributed by atoms with van der Waals surface area (Å²) in [6, 6.07) is 5.29. The SMILES string of the molecule is COc1ccc2c(c1)CCN(C(=O)C(NC(=O)OC(C)(C)C)C(C)C)C2C. The van der Waals surface area contributed by atoms with Gasteiger partial charge in [0.2, 0.25) is 5.91 Å². The lowest BCUT2D eigenvalue weighted by molar-refractivity contribution is -0.137. The molecule has 2 atom stereocenters. The van der Waals surface area contributed by atoms with Gasteiger partial charge >= 0.3 is 6.09 Å². The molecule has 2 rings (SSSR count). The van der Waals surface area contributed by atoms with Crippen molar-refractivity contribution in [3.05, 3.63) is 29.3 Å². The quantitative estimate of drug-likeness (QED) is 0.870. The van der Waals surface area contributed by atoms with Crippen molar-refractivity contribution in [1.82, 2.24) is 10.2 Å². The monoisotopic (exact) mass is 376 g/mol. The molecule has 27 heavy (non-hydrogen) atoms. The average Bonchev–Trinajstić information content (AvgIpc) is 2.57. The van der Waals surface area contributed by atoms with Crippen LogP contribution in [0.2, 0.25) is 0 Å². The zero-order chi connectivity index (χ0) is 20.4. The van der Waals surface area contributed by atoms with Gasteiger partial charge in [-0.25, -0.2) is 4.79 Å².